The van der Waals surface area contributed by atoms with E-state index < -0.39 is 0 Å². The van der Waals surface area contributed by atoms with Gasteiger partial charge >= 0.3 is 0 Å². The van der Waals surface area contributed by atoms with Gasteiger partial charge in [0, 0.05) is 12.7 Å². The van der Waals surface area contributed by atoms with Crippen LogP contribution in [0.2, 0.25) is 0 Å². The number of benzene rings is 2. The summed E-state index contributed by atoms with van der Waals surface area (Å²) >= 11 is 0. The molecule has 0 heterocycles. The van der Waals surface area contributed by atoms with E-state index in [1.807, 2.05) is 31.3 Å². The molecule has 0 spiro atoms. The van der Waals surface area contributed by atoms with Crippen LogP contribution in [0.25, 0.3) is 12.2 Å². The van der Waals surface area contributed by atoms with Crippen LogP contribution >= 0.6 is 0 Å². The number of hydrogen-bond donors (Lipinski definition) is 1. The summed E-state index contributed by atoms with van der Waals surface area (Å²) in [5.41, 5.74) is 3.37. The lowest BCUT2D eigenvalue weighted by Gasteiger charge is -2.09. The molecule has 0 aromatic heterocycles. The number of rotatable bonds is 20. The first-order valence-corrected chi connectivity index (χ1v) is 11.8. The van der Waals surface area contributed by atoms with Crippen molar-refractivity contribution >= 4 is 17.8 Å². The minimum Gasteiger partial charge on any atom is -0.491 e. The van der Waals surface area contributed by atoms with Crippen molar-refractivity contribution < 1.29 is 28.4 Å². The first kappa shape index (κ1) is 28.4. The molecule has 190 valence electrons. The van der Waals surface area contributed by atoms with Gasteiger partial charge < -0.3 is 33.7 Å². The third kappa shape index (κ3) is 14.2. The number of hydrogen-bond acceptors (Lipinski definition) is 7. The highest BCUT2D eigenvalue weighted by molar-refractivity contribution is 5.70. The van der Waals surface area contributed by atoms with Gasteiger partial charge in [-0.2, -0.15) is 0 Å². The summed E-state index contributed by atoms with van der Waals surface area (Å²) in [6, 6.07) is 16.3. The van der Waals surface area contributed by atoms with Gasteiger partial charge in [-0.1, -0.05) is 42.3 Å². The van der Waals surface area contributed by atoms with Gasteiger partial charge in [-0.05, 0) is 35.4 Å². The average molecular weight is 484 g/mol. The summed E-state index contributed by atoms with van der Waals surface area (Å²) in [4.78, 5) is 0. The molecular weight excluding hydrogens is 446 g/mol. The molecular formula is C28H37NO6. The molecule has 0 aliphatic rings. The molecule has 7 heteroatoms. The van der Waals surface area contributed by atoms with Gasteiger partial charge in [-0.3, -0.25) is 0 Å². The van der Waals surface area contributed by atoms with E-state index in [0.29, 0.717) is 72.7 Å². The van der Waals surface area contributed by atoms with E-state index in [2.05, 4.69) is 47.7 Å². The Bertz CT molecular complexity index is 845. The second-order valence-corrected chi connectivity index (χ2v) is 7.33. The fourth-order valence-corrected chi connectivity index (χ4v) is 2.86. The molecule has 2 aromatic rings. The van der Waals surface area contributed by atoms with Crippen LogP contribution < -0.4 is 10.1 Å². The number of terminal acetylenes is 1. The number of ether oxygens (including phenoxy) is 6. The van der Waals surface area contributed by atoms with Gasteiger partial charge in [0.1, 0.15) is 19.0 Å². The molecule has 0 aliphatic carbocycles. The summed E-state index contributed by atoms with van der Waals surface area (Å²) in [6.45, 7) is 5.44. The normalized spacial score (nSPS) is 11.0. The Hall–Kier alpha value is -2.86. The molecule has 0 saturated carbocycles. The second-order valence-electron chi connectivity index (χ2n) is 7.33. The quantitative estimate of drug-likeness (QED) is 0.174. The maximum atomic E-state index is 5.72. The third-order valence-corrected chi connectivity index (χ3v) is 4.72. The van der Waals surface area contributed by atoms with Crippen molar-refractivity contribution in [2.45, 2.75) is 0 Å². The Morgan fingerprint density at radius 2 is 1.06 bits per heavy atom. The largest absolute Gasteiger partial charge is 0.491 e. The lowest BCUT2D eigenvalue weighted by Crippen LogP contribution is -2.14. The topological polar surface area (TPSA) is 67.4 Å². The molecule has 0 unspecified atom stereocenters. The Morgan fingerprint density at radius 3 is 1.51 bits per heavy atom. The predicted octanol–water partition coefficient (Wildman–Crippen LogP) is 3.99. The van der Waals surface area contributed by atoms with Gasteiger partial charge in [-0.15, -0.1) is 6.42 Å². The van der Waals surface area contributed by atoms with Crippen LogP contribution in [0.4, 0.5) is 5.69 Å². The first-order chi connectivity index (χ1) is 17.3. The van der Waals surface area contributed by atoms with Crippen LogP contribution in [0.3, 0.4) is 0 Å². The smallest absolute Gasteiger partial charge is 0.119 e. The molecule has 0 bridgehead atoms. The molecule has 2 rings (SSSR count). The maximum absolute atomic E-state index is 5.72. The molecule has 2 aromatic carbocycles. The molecule has 0 aliphatic heterocycles. The van der Waals surface area contributed by atoms with Crippen LogP contribution in [0.1, 0.15) is 11.1 Å². The fourth-order valence-electron chi connectivity index (χ4n) is 2.86. The van der Waals surface area contributed by atoms with Crippen LogP contribution in [0.15, 0.2) is 48.5 Å². The molecule has 0 atom stereocenters. The SMILES string of the molecule is C#CCOCCOCCOCCOCCOCCOc1ccc(/C=C/c2ccc(NC)cc2)cc1. The summed E-state index contributed by atoms with van der Waals surface area (Å²) < 4.78 is 32.6. The van der Waals surface area contributed by atoms with Crippen LogP contribution in [-0.2, 0) is 23.7 Å². The van der Waals surface area contributed by atoms with E-state index >= 15 is 0 Å². The highest BCUT2D eigenvalue weighted by atomic mass is 16.6. The highest BCUT2D eigenvalue weighted by Gasteiger charge is 1.96. The standard InChI is InChI=1S/C28H37NO6/c1-3-14-30-15-16-31-17-18-32-19-20-33-21-22-34-23-24-35-28-12-8-26(9-13-28)5-4-25-6-10-27(29-2)11-7-25/h1,4-13,29H,14-24H2,2H3/b5-4+. The average Bonchev–Trinajstić information content (AvgIpc) is 2.90. The van der Waals surface area contributed by atoms with Crippen molar-refractivity contribution in [3.8, 4) is 18.1 Å². The molecule has 0 radical (unpaired) electrons. The monoisotopic (exact) mass is 483 g/mol. The first-order valence-electron chi connectivity index (χ1n) is 11.8. The van der Waals surface area contributed by atoms with Gasteiger partial charge in [-0.25, -0.2) is 0 Å². The predicted molar refractivity (Wildman–Crippen MR) is 140 cm³/mol. The van der Waals surface area contributed by atoms with E-state index in [4.69, 9.17) is 34.8 Å². The Balaban J connectivity index is 1.40. The van der Waals surface area contributed by atoms with Crippen LogP contribution in [0, 0.1) is 12.3 Å². The summed E-state index contributed by atoms with van der Waals surface area (Å²) in [5, 5.41) is 3.12. The minimum absolute atomic E-state index is 0.314. The van der Waals surface area contributed by atoms with E-state index in [-0.39, 0.29) is 0 Å². The van der Waals surface area contributed by atoms with Crippen molar-refractivity contribution in [1.29, 1.82) is 0 Å². The van der Waals surface area contributed by atoms with E-state index in [1.165, 1.54) is 0 Å². The fraction of sp³-hybridized carbons (Fsp3) is 0.429. The van der Waals surface area contributed by atoms with Crippen molar-refractivity contribution in [2.75, 3.05) is 85.0 Å². The van der Waals surface area contributed by atoms with Gasteiger partial charge in [0.05, 0.1) is 59.5 Å². The molecule has 0 fully saturated rings. The highest BCUT2D eigenvalue weighted by Crippen LogP contribution is 2.15. The lowest BCUT2D eigenvalue weighted by atomic mass is 10.1. The molecule has 1 N–H and O–H groups in total. The Labute approximate surface area is 209 Å². The van der Waals surface area contributed by atoms with Crippen molar-refractivity contribution in [2.24, 2.45) is 0 Å². The van der Waals surface area contributed by atoms with Crippen molar-refractivity contribution in [1.82, 2.24) is 0 Å². The van der Waals surface area contributed by atoms with Crippen molar-refractivity contribution in [3.63, 3.8) is 0 Å². The van der Waals surface area contributed by atoms with Gasteiger partial charge in [0.15, 0.2) is 0 Å². The minimum atomic E-state index is 0.314. The second kappa shape index (κ2) is 19.4. The molecule has 0 amide bonds. The zero-order chi connectivity index (χ0) is 24.8. The van der Waals surface area contributed by atoms with E-state index in [1.54, 1.807) is 0 Å². The van der Waals surface area contributed by atoms with Gasteiger partial charge in [0.2, 0.25) is 0 Å². The van der Waals surface area contributed by atoms with Crippen molar-refractivity contribution in [3.05, 3.63) is 59.7 Å². The third-order valence-electron chi connectivity index (χ3n) is 4.72. The summed E-state index contributed by atoms with van der Waals surface area (Å²) in [6.07, 6.45) is 9.25. The molecule has 7 nitrogen and oxygen atoms in total. The maximum Gasteiger partial charge on any atom is 0.119 e. The van der Waals surface area contributed by atoms with Crippen LogP contribution in [0.5, 0.6) is 5.75 Å². The summed E-state index contributed by atoms with van der Waals surface area (Å²) in [7, 11) is 1.91. The van der Waals surface area contributed by atoms with Crippen LogP contribution in [-0.4, -0.2) is 79.7 Å². The summed E-state index contributed by atoms with van der Waals surface area (Å²) in [5.74, 6) is 3.22. The Kier molecular flexibility index (Phi) is 15.8. The van der Waals surface area contributed by atoms with E-state index in [0.717, 1.165) is 22.6 Å². The number of nitrogens with one attached hydrogen (secondary N) is 1. The van der Waals surface area contributed by atoms with Gasteiger partial charge in [0.25, 0.3) is 0 Å². The zero-order valence-electron chi connectivity index (χ0n) is 20.6. The Morgan fingerprint density at radius 1 is 0.629 bits per heavy atom. The van der Waals surface area contributed by atoms with E-state index in [9.17, 15) is 0 Å². The lowest BCUT2D eigenvalue weighted by molar-refractivity contribution is -0.0110. The number of anilines is 1. The molecule has 35 heavy (non-hydrogen) atoms. The zero-order valence-corrected chi connectivity index (χ0v) is 20.6. The molecule has 0 saturated heterocycles.